The van der Waals surface area contributed by atoms with Crippen LogP contribution in [-0.4, -0.2) is 41.2 Å². The summed E-state index contributed by atoms with van der Waals surface area (Å²) in [4.78, 5) is 27.2. The summed E-state index contributed by atoms with van der Waals surface area (Å²) in [7, 11) is 0. The molecule has 3 aliphatic rings. The Kier molecular flexibility index (Phi) is 5.29. The first kappa shape index (κ1) is 20.6. The van der Waals surface area contributed by atoms with E-state index in [1.807, 2.05) is 24.0 Å². The number of fused-ring (bicyclic) bond motifs is 4. The van der Waals surface area contributed by atoms with Gasteiger partial charge in [-0.15, -0.1) is 0 Å². The fourth-order valence-electron chi connectivity index (χ4n) is 5.81. The zero-order valence-corrected chi connectivity index (χ0v) is 18.2. The molecule has 2 heterocycles. The number of ether oxygens (including phenoxy) is 1. The van der Waals surface area contributed by atoms with Crippen LogP contribution in [0.4, 0.5) is 0 Å². The first-order chi connectivity index (χ1) is 14.9. The molecule has 2 fully saturated rings. The van der Waals surface area contributed by atoms with Crippen LogP contribution in [0.3, 0.4) is 0 Å². The average molecular weight is 426 g/mol. The molecule has 0 unspecified atom stereocenters. The van der Waals surface area contributed by atoms with Crippen LogP contribution in [0.1, 0.15) is 61.6 Å². The smallest absolute Gasteiger partial charge is 0.339 e. The molecular weight excluding hydrogens is 394 g/mol. The van der Waals surface area contributed by atoms with Crippen LogP contribution < -0.4 is 10.4 Å². The number of carbonyl (C=O) groups is 1. The normalized spacial score (nSPS) is 25.7. The number of carbonyl (C=O) groups excluding carboxylic acids is 1. The van der Waals surface area contributed by atoms with E-state index in [0.29, 0.717) is 30.8 Å². The summed E-state index contributed by atoms with van der Waals surface area (Å²) in [5, 5.41) is 11.7. The van der Waals surface area contributed by atoms with Crippen LogP contribution in [0.25, 0.3) is 11.0 Å². The second-order valence-electron chi connectivity index (χ2n) is 9.61. The van der Waals surface area contributed by atoms with Gasteiger partial charge in [0.15, 0.2) is 6.61 Å². The largest absolute Gasteiger partial charge is 0.483 e. The van der Waals surface area contributed by atoms with E-state index in [1.54, 1.807) is 0 Å². The van der Waals surface area contributed by atoms with E-state index >= 15 is 0 Å². The van der Waals surface area contributed by atoms with Gasteiger partial charge in [0.2, 0.25) is 0 Å². The van der Waals surface area contributed by atoms with Gasteiger partial charge in [-0.3, -0.25) is 4.79 Å². The van der Waals surface area contributed by atoms with Crippen molar-refractivity contribution in [1.29, 1.82) is 0 Å². The molecule has 2 aromatic rings. The molecular formula is C25H31NO5. The summed E-state index contributed by atoms with van der Waals surface area (Å²) in [6, 6.07) is 3.80. The van der Waals surface area contributed by atoms with Crippen LogP contribution in [0.15, 0.2) is 21.3 Å². The maximum absolute atomic E-state index is 13.0. The van der Waals surface area contributed by atoms with E-state index < -0.39 is 5.60 Å². The van der Waals surface area contributed by atoms with E-state index in [1.165, 1.54) is 0 Å². The average Bonchev–Trinajstić information content (AvgIpc) is 2.76. The highest BCUT2D eigenvalue weighted by atomic mass is 16.5. The fraction of sp³-hybridized carbons (Fsp3) is 0.600. The first-order valence-corrected chi connectivity index (χ1v) is 11.7. The lowest BCUT2D eigenvalue weighted by atomic mass is 9.71. The van der Waals surface area contributed by atoms with Gasteiger partial charge in [0.05, 0.1) is 11.0 Å². The number of aryl methyl sites for hydroxylation is 2. The lowest BCUT2D eigenvalue weighted by Crippen LogP contribution is -2.55. The molecule has 31 heavy (non-hydrogen) atoms. The van der Waals surface area contributed by atoms with E-state index in [-0.39, 0.29) is 24.1 Å². The third-order valence-corrected chi connectivity index (χ3v) is 7.56. The van der Waals surface area contributed by atoms with Gasteiger partial charge in [-0.2, -0.15) is 0 Å². The van der Waals surface area contributed by atoms with Gasteiger partial charge < -0.3 is 19.2 Å². The van der Waals surface area contributed by atoms with E-state index in [2.05, 4.69) is 0 Å². The summed E-state index contributed by atoms with van der Waals surface area (Å²) >= 11 is 0. The highest BCUT2D eigenvalue weighted by Crippen LogP contribution is 2.40. The first-order valence-electron chi connectivity index (χ1n) is 11.7. The van der Waals surface area contributed by atoms with Crippen molar-refractivity contribution in [3.05, 3.63) is 39.2 Å². The molecule has 6 heteroatoms. The number of aliphatic hydroxyl groups is 1. The summed E-state index contributed by atoms with van der Waals surface area (Å²) in [5.41, 5.74) is 2.40. The van der Waals surface area contributed by atoms with Crippen LogP contribution in [0.5, 0.6) is 5.75 Å². The van der Waals surface area contributed by atoms with Crippen molar-refractivity contribution in [2.75, 3.05) is 19.7 Å². The van der Waals surface area contributed by atoms with Crippen LogP contribution in [0, 0.1) is 12.8 Å². The van der Waals surface area contributed by atoms with Gasteiger partial charge >= 0.3 is 5.63 Å². The van der Waals surface area contributed by atoms with Gasteiger partial charge in [0.1, 0.15) is 11.3 Å². The van der Waals surface area contributed by atoms with Crippen LogP contribution in [0.2, 0.25) is 0 Å². The Hall–Kier alpha value is -2.34. The number of rotatable bonds is 3. The van der Waals surface area contributed by atoms with Crippen molar-refractivity contribution in [1.82, 2.24) is 4.90 Å². The van der Waals surface area contributed by atoms with Crippen LogP contribution >= 0.6 is 0 Å². The van der Waals surface area contributed by atoms with Gasteiger partial charge in [-0.05, 0) is 75.1 Å². The second-order valence-corrected chi connectivity index (χ2v) is 9.61. The number of likely N-dealkylation sites (tertiary alicyclic amines) is 1. The topological polar surface area (TPSA) is 80.0 Å². The standard InChI is InChI=1S/C25H31NO5/c1-16-12-20(23-18-7-2-3-8-19(18)24(28)31-21(23)13-16)30-15-22(27)26-11-10-25(29)9-5-4-6-17(25)14-26/h12-13,17,29H,2-11,14-15H2,1H3/t17-,25+/m0/s1. The van der Waals surface area contributed by atoms with E-state index in [9.17, 15) is 14.7 Å². The van der Waals surface area contributed by atoms with Crippen molar-refractivity contribution >= 4 is 16.9 Å². The summed E-state index contributed by atoms with van der Waals surface area (Å²) in [5.74, 6) is 0.741. The number of amides is 1. The van der Waals surface area contributed by atoms with Crippen LogP contribution in [-0.2, 0) is 17.6 Å². The third-order valence-electron chi connectivity index (χ3n) is 7.56. The monoisotopic (exact) mass is 425 g/mol. The highest BCUT2D eigenvalue weighted by molar-refractivity contribution is 5.89. The Morgan fingerprint density at radius 3 is 2.84 bits per heavy atom. The quantitative estimate of drug-likeness (QED) is 0.762. The molecule has 1 saturated heterocycles. The second kappa shape index (κ2) is 7.97. The number of piperidine rings is 1. The molecule has 2 atom stereocenters. The predicted molar refractivity (Wildman–Crippen MR) is 117 cm³/mol. The number of benzene rings is 1. The Morgan fingerprint density at radius 1 is 1.19 bits per heavy atom. The van der Waals surface area contributed by atoms with Gasteiger partial charge in [-0.1, -0.05) is 12.8 Å². The van der Waals surface area contributed by atoms with Crippen molar-refractivity contribution in [2.45, 2.75) is 70.3 Å². The van der Waals surface area contributed by atoms with Gasteiger partial charge in [0, 0.05) is 24.6 Å². The van der Waals surface area contributed by atoms with Crippen molar-refractivity contribution in [3.63, 3.8) is 0 Å². The van der Waals surface area contributed by atoms with Crippen molar-refractivity contribution in [3.8, 4) is 5.75 Å². The summed E-state index contributed by atoms with van der Waals surface area (Å²) in [6.07, 6.45) is 8.27. The molecule has 0 spiro atoms. The predicted octanol–water partition coefficient (Wildman–Crippen LogP) is 3.51. The Balaban J connectivity index is 1.37. The minimum absolute atomic E-state index is 0.0440. The molecule has 0 radical (unpaired) electrons. The highest BCUT2D eigenvalue weighted by Gasteiger charge is 2.43. The molecule has 2 aliphatic carbocycles. The van der Waals surface area contributed by atoms with E-state index in [0.717, 1.165) is 73.4 Å². The Bertz CT molecular complexity index is 1070. The Morgan fingerprint density at radius 2 is 2.00 bits per heavy atom. The maximum atomic E-state index is 13.0. The number of nitrogens with zero attached hydrogens (tertiary/aromatic N) is 1. The van der Waals surface area contributed by atoms with Gasteiger partial charge in [0.25, 0.3) is 5.91 Å². The minimum Gasteiger partial charge on any atom is -0.483 e. The zero-order chi connectivity index (χ0) is 21.6. The molecule has 1 aromatic heterocycles. The number of hydrogen-bond donors (Lipinski definition) is 1. The molecule has 5 rings (SSSR count). The molecule has 0 bridgehead atoms. The molecule has 166 valence electrons. The molecule has 1 saturated carbocycles. The number of hydrogen-bond acceptors (Lipinski definition) is 5. The maximum Gasteiger partial charge on any atom is 0.339 e. The summed E-state index contributed by atoms with van der Waals surface area (Å²) in [6.45, 7) is 3.07. The summed E-state index contributed by atoms with van der Waals surface area (Å²) < 4.78 is 11.7. The molecule has 1 amide bonds. The van der Waals surface area contributed by atoms with Crippen molar-refractivity contribution < 1.29 is 19.1 Å². The van der Waals surface area contributed by atoms with E-state index in [4.69, 9.17) is 9.15 Å². The molecule has 1 aliphatic heterocycles. The molecule has 6 nitrogen and oxygen atoms in total. The fourth-order valence-corrected chi connectivity index (χ4v) is 5.81. The zero-order valence-electron chi connectivity index (χ0n) is 18.2. The third kappa shape index (κ3) is 3.75. The van der Waals surface area contributed by atoms with Gasteiger partial charge in [-0.25, -0.2) is 4.79 Å². The molecule has 1 N–H and O–H groups in total. The lowest BCUT2D eigenvalue weighted by molar-refractivity contribution is -0.145. The lowest BCUT2D eigenvalue weighted by Gasteiger charge is -2.47. The molecule has 1 aromatic carbocycles. The minimum atomic E-state index is -0.598. The SMILES string of the molecule is Cc1cc(OCC(=O)N2CC[C@]3(O)CCCC[C@H]3C2)c2c3c(c(=O)oc2c1)CCCC3. The van der Waals surface area contributed by atoms with Crippen molar-refractivity contribution in [2.24, 2.45) is 5.92 Å². The Labute approximate surface area is 182 Å².